The lowest BCUT2D eigenvalue weighted by atomic mass is 9.94. The molecular weight excluding hydrogens is 242 g/mol. The predicted molar refractivity (Wildman–Crippen MR) is 70.8 cm³/mol. The molecular formula is C14H21N3O2. The summed E-state index contributed by atoms with van der Waals surface area (Å²) < 4.78 is 5.12. The van der Waals surface area contributed by atoms with E-state index in [1.54, 1.807) is 0 Å². The van der Waals surface area contributed by atoms with Crippen molar-refractivity contribution in [2.24, 2.45) is 5.92 Å². The van der Waals surface area contributed by atoms with E-state index in [9.17, 15) is 4.79 Å². The zero-order valence-electron chi connectivity index (χ0n) is 11.6. The van der Waals surface area contributed by atoms with Gasteiger partial charge in [0.15, 0.2) is 0 Å². The molecule has 1 amide bonds. The van der Waals surface area contributed by atoms with Crippen molar-refractivity contribution in [3.63, 3.8) is 0 Å². The molecule has 2 atom stereocenters. The minimum absolute atomic E-state index is 0.200. The van der Waals surface area contributed by atoms with Gasteiger partial charge in [0.2, 0.25) is 5.91 Å². The minimum Gasteiger partial charge on any atom is -0.361 e. The highest BCUT2D eigenvalue weighted by molar-refractivity contribution is 5.79. The lowest BCUT2D eigenvalue weighted by Gasteiger charge is -2.24. The van der Waals surface area contributed by atoms with Crippen LogP contribution in [-0.2, 0) is 11.2 Å². The Bertz CT molecular complexity index is 450. The SMILES string of the molecule is Cc1noc(C)c1CC(=O)N1CC2CCCNC2C1. The van der Waals surface area contributed by atoms with Gasteiger partial charge < -0.3 is 14.7 Å². The number of likely N-dealkylation sites (tertiary alicyclic amines) is 1. The molecule has 1 aromatic rings. The number of aromatic nitrogens is 1. The van der Waals surface area contributed by atoms with Gasteiger partial charge in [-0.15, -0.1) is 0 Å². The quantitative estimate of drug-likeness (QED) is 0.866. The molecule has 0 spiro atoms. The van der Waals surface area contributed by atoms with Crippen LogP contribution >= 0.6 is 0 Å². The highest BCUT2D eigenvalue weighted by Gasteiger charge is 2.36. The summed E-state index contributed by atoms with van der Waals surface area (Å²) in [6.07, 6.45) is 2.89. The van der Waals surface area contributed by atoms with E-state index >= 15 is 0 Å². The summed E-state index contributed by atoms with van der Waals surface area (Å²) >= 11 is 0. The van der Waals surface area contributed by atoms with Gasteiger partial charge in [0.25, 0.3) is 0 Å². The van der Waals surface area contributed by atoms with E-state index in [-0.39, 0.29) is 5.91 Å². The molecule has 0 bridgehead atoms. The number of piperidine rings is 1. The third-order valence-electron chi connectivity index (χ3n) is 4.46. The summed E-state index contributed by atoms with van der Waals surface area (Å²) in [5.41, 5.74) is 1.79. The molecule has 5 nitrogen and oxygen atoms in total. The van der Waals surface area contributed by atoms with Crippen LogP contribution in [0, 0.1) is 19.8 Å². The van der Waals surface area contributed by atoms with Crippen LogP contribution in [0.25, 0.3) is 0 Å². The van der Waals surface area contributed by atoms with E-state index in [0.29, 0.717) is 18.4 Å². The van der Waals surface area contributed by atoms with Crippen molar-refractivity contribution in [1.29, 1.82) is 0 Å². The van der Waals surface area contributed by atoms with Gasteiger partial charge in [0.1, 0.15) is 5.76 Å². The third kappa shape index (κ3) is 2.39. The molecule has 3 heterocycles. The van der Waals surface area contributed by atoms with Crippen LogP contribution in [-0.4, -0.2) is 41.6 Å². The van der Waals surface area contributed by atoms with Crippen molar-refractivity contribution < 1.29 is 9.32 Å². The van der Waals surface area contributed by atoms with Crippen molar-refractivity contribution >= 4 is 5.91 Å². The average Bonchev–Trinajstić information content (AvgIpc) is 2.97. The van der Waals surface area contributed by atoms with E-state index in [0.717, 1.165) is 36.7 Å². The number of carbonyl (C=O) groups excluding carboxylic acids is 1. The van der Waals surface area contributed by atoms with Gasteiger partial charge in [-0.25, -0.2) is 0 Å². The normalized spacial score (nSPS) is 26.5. The lowest BCUT2D eigenvalue weighted by molar-refractivity contribution is -0.129. The molecule has 2 aliphatic rings. The fourth-order valence-corrected chi connectivity index (χ4v) is 3.27. The first kappa shape index (κ1) is 12.7. The molecule has 3 rings (SSSR count). The van der Waals surface area contributed by atoms with Crippen molar-refractivity contribution in [1.82, 2.24) is 15.4 Å². The number of rotatable bonds is 2. The predicted octanol–water partition coefficient (Wildman–Crippen LogP) is 1.04. The van der Waals surface area contributed by atoms with Crippen LogP contribution in [0.4, 0.5) is 0 Å². The zero-order chi connectivity index (χ0) is 13.4. The molecule has 2 fully saturated rings. The van der Waals surface area contributed by atoms with Crippen molar-refractivity contribution in [3.8, 4) is 0 Å². The Morgan fingerprint density at radius 1 is 1.47 bits per heavy atom. The fourth-order valence-electron chi connectivity index (χ4n) is 3.27. The number of hydrogen-bond donors (Lipinski definition) is 1. The topological polar surface area (TPSA) is 58.4 Å². The third-order valence-corrected chi connectivity index (χ3v) is 4.46. The summed E-state index contributed by atoms with van der Waals surface area (Å²) in [6, 6.07) is 0.502. The highest BCUT2D eigenvalue weighted by Crippen LogP contribution is 2.25. The van der Waals surface area contributed by atoms with E-state index < -0.39 is 0 Å². The van der Waals surface area contributed by atoms with Crippen LogP contribution in [0.5, 0.6) is 0 Å². The highest BCUT2D eigenvalue weighted by atomic mass is 16.5. The maximum Gasteiger partial charge on any atom is 0.227 e. The Balaban J connectivity index is 1.65. The maximum absolute atomic E-state index is 12.4. The molecule has 19 heavy (non-hydrogen) atoms. The van der Waals surface area contributed by atoms with Crippen molar-refractivity contribution in [2.75, 3.05) is 19.6 Å². The van der Waals surface area contributed by atoms with E-state index in [4.69, 9.17) is 4.52 Å². The van der Waals surface area contributed by atoms with E-state index in [2.05, 4.69) is 10.5 Å². The number of nitrogens with one attached hydrogen (secondary N) is 1. The van der Waals surface area contributed by atoms with Crippen LogP contribution in [0.1, 0.15) is 29.9 Å². The van der Waals surface area contributed by atoms with Crippen LogP contribution in [0.2, 0.25) is 0 Å². The number of nitrogens with zero attached hydrogens (tertiary/aromatic N) is 2. The standard InChI is InChI=1S/C14H21N3O2/c1-9-12(10(2)19-16-9)6-14(18)17-7-11-4-3-5-15-13(11)8-17/h11,13,15H,3-8H2,1-2H3. The first-order valence-corrected chi connectivity index (χ1v) is 7.08. The summed E-state index contributed by atoms with van der Waals surface area (Å²) in [7, 11) is 0. The van der Waals surface area contributed by atoms with Gasteiger partial charge in [0, 0.05) is 24.7 Å². The summed E-state index contributed by atoms with van der Waals surface area (Å²) in [4.78, 5) is 14.4. The first-order valence-electron chi connectivity index (χ1n) is 7.08. The summed E-state index contributed by atoms with van der Waals surface area (Å²) in [5, 5.41) is 7.43. The smallest absolute Gasteiger partial charge is 0.227 e. The molecule has 0 radical (unpaired) electrons. The molecule has 104 valence electrons. The monoisotopic (exact) mass is 263 g/mol. The van der Waals surface area contributed by atoms with Gasteiger partial charge in [-0.3, -0.25) is 4.79 Å². The summed E-state index contributed by atoms with van der Waals surface area (Å²) in [5.74, 6) is 1.61. The second kappa shape index (κ2) is 4.96. The molecule has 0 aliphatic carbocycles. The van der Waals surface area contributed by atoms with Gasteiger partial charge >= 0.3 is 0 Å². The Morgan fingerprint density at radius 2 is 2.32 bits per heavy atom. The molecule has 0 saturated carbocycles. The van der Waals surface area contributed by atoms with Gasteiger partial charge in [-0.1, -0.05) is 5.16 Å². The zero-order valence-corrected chi connectivity index (χ0v) is 11.6. The average molecular weight is 263 g/mol. The van der Waals surface area contributed by atoms with E-state index in [1.165, 1.54) is 12.8 Å². The van der Waals surface area contributed by atoms with Gasteiger partial charge in [0.05, 0.1) is 12.1 Å². The maximum atomic E-state index is 12.4. The minimum atomic E-state index is 0.200. The second-order valence-electron chi connectivity index (χ2n) is 5.74. The fraction of sp³-hybridized carbons (Fsp3) is 0.714. The van der Waals surface area contributed by atoms with Gasteiger partial charge in [-0.05, 0) is 39.2 Å². The van der Waals surface area contributed by atoms with Gasteiger partial charge in [-0.2, -0.15) is 0 Å². The largest absolute Gasteiger partial charge is 0.361 e. The molecule has 1 aromatic heterocycles. The molecule has 5 heteroatoms. The first-order chi connectivity index (χ1) is 9.15. The number of amides is 1. The molecule has 2 unspecified atom stereocenters. The number of aryl methyl sites for hydroxylation is 2. The molecule has 1 N–H and O–H groups in total. The molecule has 2 saturated heterocycles. The number of fused-ring (bicyclic) bond motifs is 1. The lowest BCUT2D eigenvalue weighted by Crippen LogP contribution is -2.41. The van der Waals surface area contributed by atoms with Crippen LogP contribution in [0.3, 0.4) is 0 Å². The van der Waals surface area contributed by atoms with Crippen LogP contribution < -0.4 is 5.32 Å². The Hall–Kier alpha value is -1.36. The van der Waals surface area contributed by atoms with Crippen molar-refractivity contribution in [3.05, 3.63) is 17.0 Å². The second-order valence-corrected chi connectivity index (χ2v) is 5.74. The Labute approximate surface area is 113 Å². The molecule has 0 aromatic carbocycles. The Morgan fingerprint density at radius 3 is 3.00 bits per heavy atom. The van der Waals surface area contributed by atoms with Crippen molar-refractivity contribution in [2.45, 2.75) is 39.2 Å². The Kier molecular flexibility index (Phi) is 3.31. The summed E-state index contributed by atoms with van der Waals surface area (Å²) in [6.45, 7) is 6.61. The van der Waals surface area contributed by atoms with E-state index in [1.807, 2.05) is 18.7 Å². The number of hydrogen-bond acceptors (Lipinski definition) is 4. The molecule has 2 aliphatic heterocycles. The number of carbonyl (C=O) groups is 1. The van der Waals surface area contributed by atoms with Crippen LogP contribution in [0.15, 0.2) is 4.52 Å².